The molecule has 9 heteroatoms. The summed E-state index contributed by atoms with van der Waals surface area (Å²) in [5.41, 5.74) is 2.89. The van der Waals surface area contributed by atoms with Crippen LogP contribution in [0.1, 0.15) is 37.3 Å². The van der Waals surface area contributed by atoms with E-state index in [1.807, 2.05) is 6.92 Å². The third-order valence-corrected chi connectivity index (χ3v) is 7.50. The van der Waals surface area contributed by atoms with E-state index in [2.05, 4.69) is 38.2 Å². The van der Waals surface area contributed by atoms with Crippen molar-refractivity contribution in [3.8, 4) is 11.6 Å². The van der Waals surface area contributed by atoms with E-state index in [9.17, 15) is 4.39 Å². The minimum absolute atomic E-state index is 0.153. The number of nitrogens with one attached hydrogen (secondary N) is 1. The lowest BCUT2D eigenvalue weighted by atomic mass is 9.80. The molecule has 2 aliphatic heterocycles. The van der Waals surface area contributed by atoms with Crippen LogP contribution in [0.3, 0.4) is 0 Å². The molecule has 7 nitrogen and oxygen atoms in total. The van der Waals surface area contributed by atoms with Crippen molar-refractivity contribution in [1.82, 2.24) is 14.9 Å². The maximum atomic E-state index is 15.3. The van der Waals surface area contributed by atoms with Crippen LogP contribution in [0.25, 0.3) is 6.08 Å². The molecule has 2 aromatic rings. The van der Waals surface area contributed by atoms with Gasteiger partial charge in [0.2, 0.25) is 11.8 Å². The van der Waals surface area contributed by atoms with Gasteiger partial charge in [-0.15, -0.1) is 0 Å². The summed E-state index contributed by atoms with van der Waals surface area (Å²) in [5.74, 6) is 1.30. The van der Waals surface area contributed by atoms with Crippen LogP contribution in [0.4, 0.5) is 20.5 Å². The molecule has 0 atom stereocenters. The number of ether oxygens (including phenoxy) is 1. The predicted molar refractivity (Wildman–Crippen MR) is 137 cm³/mol. The van der Waals surface area contributed by atoms with Gasteiger partial charge in [-0.05, 0) is 50.8 Å². The minimum Gasteiger partial charge on any atom is -0.436 e. The Labute approximate surface area is 209 Å². The monoisotopic (exact) mass is 492 g/mol. The molecule has 1 saturated carbocycles. The average Bonchev–Trinajstić information content (AvgIpc) is 3.43. The van der Waals surface area contributed by atoms with E-state index in [0.29, 0.717) is 36.2 Å². The number of fused-ring (bicyclic) bond motifs is 1. The minimum atomic E-state index is -0.578. The first-order valence-electron chi connectivity index (χ1n) is 12.6. The fraction of sp³-hybridized carbons (Fsp3) is 0.444. The van der Waals surface area contributed by atoms with Gasteiger partial charge in [-0.3, -0.25) is 4.99 Å². The molecule has 188 valence electrons. The van der Waals surface area contributed by atoms with Gasteiger partial charge in [-0.2, -0.15) is 9.97 Å². The van der Waals surface area contributed by atoms with Crippen molar-refractivity contribution in [2.45, 2.75) is 32.6 Å². The number of anilines is 2. The topological polar surface area (TPSA) is 65.9 Å². The number of aromatic nitrogens is 2. The number of likely N-dealkylation sites (N-methyl/N-ethyl adjacent to an activating group) is 1. The Hall–Kier alpha value is -3.33. The van der Waals surface area contributed by atoms with Crippen LogP contribution in [0.15, 0.2) is 34.3 Å². The molecule has 0 unspecified atom stereocenters. The summed E-state index contributed by atoms with van der Waals surface area (Å²) in [6.07, 6.45) is 7.92. The zero-order valence-electron chi connectivity index (χ0n) is 20.7. The van der Waals surface area contributed by atoms with Crippen molar-refractivity contribution in [1.29, 1.82) is 0 Å². The number of benzene rings is 1. The summed E-state index contributed by atoms with van der Waals surface area (Å²) in [4.78, 5) is 18.2. The molecule has 1 aromatic carbocycles. The van der Waals surface area contributed by atoms with Crippen LogP contribution in [0.5, 0.6) is 11.6 Å². The second-order valence-electron chi connectivity index (χ2n) is 10.2. The highest BCUT2D eigenvalue weighted by molar-refractivity contribution is 6.05. The van der Waals surface area contributed by atoms with E-state index in [1.54, 1.807) is 12.1 Å². The molecule has 6 rings (SSSR count). The first kappa shape index (κ1) is 23.1. The first-order valence-corrected chi connectivity index (χ1v) is 12.6. The maximum Gasteiger partial charge on any atom is 0.230 e. The Morgan fingerprint density at radius 2 is 1.86 bits per heavy atom. The number of allylic oxidation sites excluding steroid dienone is 1. The number of halogens is 2. The SMILES string of the molecule is CC1=Cc2c(F)c(Oc3cc(NC4=NCC(C5CCC5)=C4)nc(N4CCN(C)CC4)n3)cc(F)c2C1. The van der Waals surface area contributed by atoms with Gasteiger partial charge < -0.3 is 19.9 Å². The van der Waals surface area contributed by atoms with Gasteiger partial charge in [-0.1, -0.05) is 18.1 Å². The molecule has 2 fully saturated rings. The number of aliphatic imine (C=N–C) groups is 1. The second-order valence-corrected chi connectivity index (χ2v) is 10.2. The van der Waals surface area contributed by atoms with Crippen LogP contribution in [-0.4, -0.2) is 60.5 Å². The molecule has 1 saturated heterocycles. The molecule has 36 heavy (non-hydrogen) atoms. The lowest BCUT2D eigenvalue weighted by Gasteiger charge is -2.32. The molecule has 1 N–H and O–H groups in total. The fourth-order valence-electron chi connectivity index (χ4n) is 5.11. The molecule has 0 spiro atoms. The largest absolute Gasteiger partial charge is 0.436 e. The van der Waals surface area contributed by atoms with Gasteiger partial charge in [0.05, 0.1) is 6.54 Å². The van der Waals surface area contributed by atoms with Crippen LogP contribution in [0.2, 0.25) is 0 Å². The van der Waals surface area contributed by atoms with Crippen LogP contribution >= 0.6 is 0 Å². The Morgan fingerprint density at radius 3 is 2.61 bits per heavy atom. The highest BCUT2D eigenvalue weighted by Crippen LogP contribution is 2.37. The van der Waals surface area contributed by atoms with Crippen LogP contribution in [0, 0.1) is 17.6 Å². The number of amidine groups is 1. The highest BCUT2D eigenvalue weighted by atomic mass is 19.1. The summed E-state index contributed by atoms with van der Waals surface area (Å²) < 4.78 is 35.9. The molecule has 2 aliphatic carbocycles. The third kappa shape index (κ3) is 4.48. The quantitative estimate of drug-likeness (QED) is 0.646. The standard InChI is InChI=1S/C27H30F2N6O/c1-16-10-19-20(11-16)26(29)22(13-21(19)28)36-25-14-24(31-23-12-18(15-30-23)17-4-3-5-17)32-27(33-25)35-8-6-34(2)7-9-35/h11-14,17H,3-10,15H2,1-2H3,(H,30,31,32,33). The number of piperazine rings is 1. The molecular formula is C27H30F2N6O. The predicted octanol–water partition coefficient (Wildman–Crippen LogP) is 4.81. The fourth-order valence-corrected chi connectivity index (χ4v) is 5.11. The lowest BCUT2D eigenvalue weighted by Crippen LogP contribution is -2.45. The molecular weight excluding hydrogens is 462 g/mol. The molecule has 0 bridgehead atoms. The Balaban J connectivity index is 1.31. The zero-order chi connectivity index (χ0) is 24.8. The summed E-state index contributed by atoms with van der Waals surface area (Å²) in [6.45, 7) is 5.86. The summed E-state index contributed by atoms with van der Waals surface area (Å²) in [6, 6.07) is 2.73. The zero-order valence-corrected chi connectivity index (χ0v) is 20.7. The van der Waals surface area contributed by atoms with E-state index in [-0.39, 0.29) is 17.2 Å². The van der Waals surface area contributed by atoms with Crippen LogP contribution in [-0.2, 0) is 6.42 Å². The lowest BCUT2D eigenvalue weighted by molar-refractivity contribution is 0.310. The van der Waals surface area contributed by atoms with Crippen molar-refractivity contribution in [3.63, 3.8) is 0 Å². The van der Waals surface area contributed by atoms with E-state index < -0.39 is 11.6 Å². The van der Waals surface area contributed by atoms with E-state index in [4.69, 9.17) is 9.72 Å². The normalized spacial score (nSPS) is 20.0. The number of rotatable bonds is 5. The Bertz CT molecular complexity index is 1290. The van der Waals surface area contributed by atoms with Gasteiger partial charge in [0.15, 0.2) is 11.6 Å². The van der Waals surface area contributed by atoms with Gasteiger partial charge in [0.1, 0.15) is 17.5 Å². The van der Waals surface area contributed by atoms with Gasteiger partial charge in [0, 0.05) is 49.4 Å². The number of hydrogen-bond donors (Lipinski definition) is 1. The van der Waals surface area contributed by atoms with E-state index in [1.165, 1.54) is 24.8 Å². The van der Waals surface area contributed by atoms with Crippen molar-refractivity contribution in [2.75, 3.05) is 50.0 Å². The molecule has 4 aliphatic rings. The smallest absolute Gasteiger partial charge is 0.230 e. The second kappa shape index (κ2) is 9.28. The molecule has 1 aromatic heterocycles. The number of hydrogen-bond acceptors (Lipinski definition) is 7. The molecule has 0 amide bonds. The number of nitrogens with zero attached hydrogens (tertiary/aromatic N) is 5. The van der Waals surface area contributed by atoms with Crippen molar-refractivity contribution < 1.29 is 13.5 Å². The van der Waals surface area contributed by atoms with Crippen molar-refractivity contribution in [3.05, 3.63) is 52.1 Å². The molecule has 3 heterocycles. The van der Waals surface area contributed by atoms with Gasteiger partial charge in [-0.25, -0.2) is 8.78 Å². The average molecular weight is 493 g/mol. The summed E-state index contributed by atoms with van der Waals surface area (Å²) in [5, 5.41) is 3.29. The molecule has 0 radical (unpaired) electrons. The van der Waals surface area contributed by atoms with Gasteiger partial charge >= 0.3 is 0 Å². The maximum absolute atomic E-state index is 15.3. The van der Waals surface area contributed by atoms with Crippen molar-refractivity contribution >= 4 is 23.7 Å². The highest BCUT2D eigenvalue weighted by Gasteiger charge is 2.26. The third-order valence-electron chi connectivity index (χ3n) is 7.50. The summed E-state index contributed by atoms with van der Waals surface area (Å²) >= 11 is 0. The van der Waals surface area contributed by atoms with E-state index in [0.717, 1.165) is 43.7 Å². The van der Waals surface area contributed by atoms with E-state index >= 15 is 4.39 Å². The van der Waals surface area contributed by atoms with Crippen molar-refractivity contribution in [2.24, 2.45) is 10.9 Å². The van der Waals surface area contributed by atoms with Gasteiger partial charge in [0.25, 0.3) is 0 Å². The first-order chi connectivity index (χ1) is 17.4. The Morgan fingerprint density at radius 1 is 1.06 bits per heavy atom. The van der Waals surface area contributed by atoms with Crippen LogP contribution < -0.4 is 15.0 Å². The summed E-state index contributed by atoms with van der Waals surface area (Å²) in [7, 11) is 2.08. The Kier molecular flexibility index (Phi) is 5.95.